The fraction of sp³-hybridized carbons (Fsp3) is 0.400. The highest BCUT2D eigenvalue weighted by Crippen LogP contribution is 2.39. The van der Waals surface area contributed by atoms with Crippen LogP contribution in [0.25, 0.3) is 0 Å². The number of rotatable bonds is 3. The van der Waals surface area contributed by atoms with Gasteiger partial charge in [-0.2, -0.15) is 9.87 Å². The Balaban J connectivity index is 2.36. The van der Waals surface area contributed by atoms with Gasteiger partial charge in [0.15, 0.2) is 11.5 Å². The second-order valence-corrected chi connectivity index (χ2v) is 3.25. The molecule has 2 N–H and O–H groups in total. The number of aromatic hydroxyl groups is 1. The summed E-state index contributed by atoms with van der Waals surface area (Å²) in [5, 5.41) is 9.57. The topological polar surface area (TPSA) is 60.0 Å². The first kappa shape index (κ1) is 11.0. The standard InChI is InChI=1S/C10H12FNO4/c1-14-12-5-6-4-7-10(8(11)9(6)13)16-3-2-15-7/h4,12-13H,2-3,5H2,1H3. The van der Waals surface area contributed by atoms with Gasteiger partial charge in [0.05, 0.1) is 7.11 Å². The van der Waals surface area contributed by atoms with Crippen molar-refractivity contribution in [3.63, 3.8) is 0 Å². The van der Waals surface area contributed by atoms with E-state index >= 15 is 0 Å². The molecule has 0 bridgehead atoms. The third-order valence-electron chi connectivity index (χ3n) is 2.23. The first-order valence-electron chi connectivity index (χ1n) is 4.80. The first-order chi connectivity index (χ1) is 7.74. The Kier molecular flexibility index (Phi) is 3.12. The van der Waals surface area contributed by atoms with Gasteiger partial charge in [-0.15, -0.1) is 0 Å². The predicted molar refractivity (Wildman–Crippen MR) is 52.9 cm³/mol. The molecular formula is C10H12FNO4. The maximum Gasteiger partial charge on any atom is 0.210 e. The van der Waals surface area contributed by atoms with E-state index in [-0.39, 0.29) is 18.9 Å². The highest BCUT2D eigenvalue weighted by atomic mass is 19.1. The lowest BCUT2D eigenvalue weighted by atomic mass is 10.1. The highest BCUT2D eigenvalue weighted by molar-refractivity contribution is 5.52. The Bertz CT molecular complexity index is 397. The lowest BCUT2D eigenvalue weighted by Crippen LogP contribution is -2.18. The van der Waals surface area contributed by atoms with Crippen LogP contribution >= 0.6 is 0 Å². The van der Waals surface area contributed by atoms with Gasteiger partial charge >= 0.3 is 0 Å². The van der Waals surface area contributed by atoms with E-state index in [0.29, 0.717) is 17.9 Å². The number of nitrogens with one attached hydrogen (secondary N) is 1. The molecule has 0 spiro atoms. The van der Waals surface area contributed by atoms with Gasteiger partial charge in [0, 0.05) is 12.1 Å². The average molecular weight is 229 g/mol. The second-order valence-electron chi connectivity index (χ2n) is 3.25. The summed E-state index contributed by atoms with van der Waals surface area (Å²) in [4.78, 5) is 4.63. The van der Waals surface area contributed by atoms with Crippen LogP contribution in [0, 0.1) is 5.82 Å². The zero-order valence-electron chi connectivity index (χ0n) is 8.75. The molecule has 2 rings (SSSR count). The minimum atomic E-state index is -0.801. The summed E-state index contributed by atoms with van der Waals surface area (Å²) in [7, 11) is 1.44. The zero-order valence-corrected chi connectivity index (χ0v) is 8.75. The number of hydrogen-bond donors (Lipinski definition) is 2. The molecule has 0 amide bonds. The fourth-order valence-corrected chi connectivity index (χ4v) is 1.47. The number of hydroxylamine groups is 1. The molecule has 16 heavy (non-hydrogen) atoms. The van der Waals surface area contributed by atoms with Gasteiger partial charge in [-0.05, 0) is 6.07 Å². The largest absolute Gasteiger partial charge is 0.504 e. The Labute approximate surface area is 91.7 Å². The van der Waals surface area contributed by atoms with Crippen LogP contribution in [0.3, 0.4) is 0 Å². The van der Waals surface area contributed by atoms with Gasteiger partial charge in [0.2, 0.25) is 11.6 Å². The van der Waals surface area contributed by atoms with Crippen LogP contribution in [0.15, 0.2) is 6.07 Å². The normalized spacial score (nSPS) is 13.9. The van der Waals surface area contributed by atoms with Crippen molar-refractivity contribution in [2.24, 2.45) is 0 Å². The summed E-state index contributed by atoms with van der Waals surface area (Å²) in [5.41, 5.74) is 2.87. The molecule has 1 aromatic carbocycles. The van der Waals surface area contributed by atoms with Gasteiger partial charge in [-0.1, -0.05) is 0 Å². The van der Waals surface area contributed by atoms with Crippen LogP contribution in [0.1, 0.15) is 5.56 Å². The Morgan fingerprint density at radius 2 is 2.25 bits per heavy atom. The van der Waals surface area contributed by atoms with Crippen molar-refractivity contribution in [2.75, 3.05) is 20.3 Å². The molecule has 0 unspecified atom stereocenters. The average Bonchev–Trinajstić information content (AvgIpc) is 2.32. The number of benzene rings is 1. The second kappa shape index (κ2) is 4.54. The van der Waals surface area contributed by atoms with Gasteiger partial charge in [0.1, 0.15) is 13.2 Å². The van der Waals surface area contributed by atoms with Gasteiger partial charge in [-0.25, -0.2) is 0 Å². The minimum Gasteiger partial charge on any atom is -0.504 e. The molecule has 5 nitrogen and oxygen atoms in total. The molecule has 0 saturated carbocycles. The number of hydrogen-bond acceptors (Lipinski definition) is 5. The van der Waals surface area contributed by atoms with E-state index in [2.05, 4.69) is 10.3 Å². The van der Waals surface area contributed by atoms with Crippen LogP contribution in [0.2, 0.25) is 0 Å². The molecule has 0 aromatic heterocycles. The van der Waals surface area contributed by atoms with Crippen molar-refractivity contribution in [3.8, 4) is 17.2 Å². The van der Waals surface area contributed by atoms with Crippen molar-refractivity contribution >= 4 is 0 Å². The van der Waals surface area contributed by atoms with E-state index in [1.807, 2.05) is 0 Å². The molecule has 1 aliphatic rings. The number of fused-ring (bicyclic) bond motifs is 1. The Morgan fingerprint density at radius 3 is 3.00 bits per heavy atom. The van der Waals surface area contributed by atoms with Crippen molar-refractivity contribution < 1.29 is 23.8 Å². The van der Waals surface area contributed by atoms with E-state index < -0.39 is 11.6 Å². The number of phenolic OH excluding ortho intramolecular Hbond substituents is 1. The van der Waals surface area contributed by atoms with E-state index in [1.54, 1.807) is 0 Å². The van der Waals surface area contributed by atoms with Crippen LogP contribution in [-0.2, 0) is 11.4 Å². The van der Waals surface area contributed by atoms with E-state index in [9.17, 15) is 9.50 Å². The van der Waals surface area contributed by atoms with Crippen molar-refractivity contribution in [3.05, 3.63) is 17.4 Å². The number of ether oxygens (including phenoxy) is 2. The number of halogens is 1. The van der Waals surface area contributed by atoms with Crippen molar-refractivity contribution in [1.29, 1.82) is 0 Å². The molecule has 1 aliphatic heterocycles. The van der Waals surface area contributed by atoms with Crippen molar-refractivity contribution in [2.45, 2.75) is 6.54 Å². The van der Waals surface area contributed by atoms with Crippen LogP contribution in [0.4, 0.5) is 4.39 Å². The fourth-order valence-electron chi connectivity index (χ4n) is 1.47. The van der Waals surface area contributed by atoms with E-state index in [1.165, 1.54) is 13.2 Å². The molecule has 6 heteroatoms. The highest BCUT2D eigenvalue weighted by Gasteiger charge is 2.22. The molecule has 1 heterocycles. The molecule has 0 saturated heterocycles. The molecule has 0 radical (unpaired) electrons. The van der Waals surface area contributed by atoms with Gasteiger partial charge in [0.25, 0.3) is 0 Å². The lowest BCUT2D eigenvalue weighted by molar-refractivity contribution is 0.0856. The zero-order chi connectivity index (χ0) is 11.5. The summed E-state index contributed by atoms with van der Waals surface area (Å²) < 4.78 is 24.0. The lowest BCUT2D eigenvalue weighted by Gasteiger charge is -2.20. The minimum absolute atomic E-state index is 0.0371. The molecule has 0 aliphatic carbocycles. The van der Waals surface area contributed by atoms with E-state index in [4.69, 9.17) is 9.47 Å². The summed E-state index contributed by atoms with van der Waals surface area (Å²) in [6.07, 6.45) is 0. The molecule has 0 atom stereocenters. The van der Waals surface area contributed by atoms with E-state index in [0.717, 1.165) is 0 Å². The summed E-state index contributed by atoms with van der Waals surface area (Å²) in [6, 6.07) is 1.53. The Morgan fingerprint density at radius 1 is 1.50 bits per heavy atom. The summed E-state index contributed by atoms with van der Waals surface area (Å²) >= 11 is 0. The smallest absolute Gasteiger partial charge is 0.210 e. The van der Waals surface area contributed by atoms with Gasteiger partial charge < -0.3 is 19.4 Å². The monoisotopic (exact) mass is 229 g/mol. The van der Waals surface area contributed by atoms with Gasteiger partial charge in [-0.3, -0.25) is 0 Å². The summed E-state index contributed by atoms with van der Waals surface area (Å²) in [6.45, 7) is 0.823. The molecule has 1 aromatic rings. The predicted octanol–water partition coefficient (Wildman–Crippen LogP) is 0.953. The Hall–Kier alpha value is -1.53. The first-order valence-corrected chi connectivity index (χ1v) is 4.80. The molecule has 0 fully saturated rings. The maximum atomic E-state index is 13.6. The van der Waals surface area contributed by atoms with Crippen LogP contribution in [0.5, 0.6) is 17.2 Å². The third-order valence-corrected chi connectivity index (χ3v) is 2.23. The molecule has 88 valence electrons. The van der Waals surface area contributed by atoms with Crippen LogP contribution < -0.4 is 15.0 Å². The number of phenols is 1. The maximum absolute atomic E-state index is 13.6. The quantitative estimate of drug-likeness (QED) is 0.756. The SMILES string of the molecule is CONCc1cc2c(c(F)c1O)OCCO2. The summed E-state index contributed by atoms with van der Waals surface area (Å²) in [5.74, 6) is -0.988. The third kappa shape index (κ3) is 1.89. The molecular weight excluding hydrogens is 217 g/mol. The van der Waals surface area contributed by atoms with Crippen LogP contribution in [-0.4, -0.2) is 25.4 Å². The van der Waals surface area contributed by atoms with Crippen molar-refractivity contribution in [1.82, 2.24) is 5.48 Å².